The lowest BCUT2D eigenvalue weighted by molar-refractivity contribution is -0.0763. The van der Waals surface area contributed by atoms with E-state index in [0.717, 1.165) is 36.4 Å². The van der Waals surface area contributed by atoms with Crippen LogP contribution in [0.4, 0.5) is 0 Å². The first-order valence-corrected chi connectivity index (χ1v) is 10.7. The molecule has 0 radical (unpaired) electrons. The summed E-state index contributed by atoms with van der Waals surface area (Å²) in [5, 5.41) is 11.4. The Kier molecular flexibility index (Phi) is 5.78. The number of hydrogen-bond acceptors (Lipinski definition) is 5. The molecule has 2 fully saturated rings. The Morgan fingerprint density at radius 2 is 2.11 bits per heavy atom. The summed E-state index contributed by atoms with van der Waals surface area (Å²) in [6, 6.07) is 8.10. The van der Waals surface area contributed by atoms with E-state index in [1.165, 1.54) is 16.9 Å². The van der Waals surface area contributed by atoms with E-state index in [2.05, 4.69) is 36.2 Å². The topological polar surface area (TPSA) is 68.7 Å². The zero-order chi connectivity index (χ0) is 19.5. The molecule has 1 aliphatic heterocycles. The minimum atomic E-state index is -0.977. The number of aryl methyl sites for hydroxylation is 1. The van der Waals surface area contributed by atoms with Gasteiger partial charge in [-0.05, 0) is 56.6 Å². The summed E-state index contributed by atoms with van der Waals surface area (Å²) in [5.41, 5.74) is 1.35. The predicted molar refractivity (Wildman–Crippen MR) is 108 cm³/mol. The van der Waals surface area contributed by atoms with E-state index in [0.29, 0.717) is 18.4 Å². The van der Waals surface area contributed by atoms with Crippen LogP contribution in [0.1, 0.15) is 52.8 Å². The van der Waals surface area contributed by atoms with Gasteiger partial charge in [-0.1, -0.05) is 29.8 Å². The number of allylic oxidation sites excluding steroid dienone is 1. The van der Waals surface area contributed by atoms with E-state index in [4.69, 9.17) is 14.6 Å². The van der Waals surface area contributed by atoms with Crippen LogP contribution in [0.25, 0.3) is 0 Å². The van der Waals surface area contributed by atoms with Crippen molar-refractivity contribution in [2.75, 3.05) is 6.61 Å². The van der Waals surface area contributed by atoms with Crippen molar-refractivity contribution >= 4 is 17.3 Å². The second kappa shape index (κ2) is 8.45. The molecule has 0 spiro atoms. The maximum atomic E-state index is 11.0. The number of rotatable bonds is 6. The van der Waals surface area contributed by atoms with E-state index in [1.807, 2.05) is 12.1 Å². The van der Waals surface area contributed by atoms with Crippen LogP contribution in [0.2, 0.25) is 0 Å². The standard InChI is InChI=1S/C22H25NO4S/c1-14-4-7-16(8-5-14)26-12-2-3-15-6-10-19-17(15)9-11-20(27-19)21-23-18(13-28-21)22(24)25/h2-5,7-8,13,15,17,19-20H,6,9-12H2,1H3,(H,24,25)/b3-2+/t15?,17-,19+,20?/m1/s1. The number of benzene rings is 1. The Morgan fingerprint density at radius 3 is 2.86 bits per heavy atom. The largest absolute Gasteiger partial charge is 0.490 e. The number of aromatic carboxylic acids is 1. The van der Waals surface area contributed by atoms with Crippen molar-refractivity contribution in [2.45, 2.75) is 44.8 Å². The molecule has 4 atom stereocenters. The third-order valence-corrected chi connectivity index (χ3v) is 6.62. The molecule has 1 aromatic heterocycles. The smallest absolute Gasteiger partial charge is 0.355 e. The Morgan fingerprint density at radius 1 is 1.29 bits per heavy atom. The maximum Gasteiger partial charge on any atom is 0.355 e. The van der Waals surface area contributed by atoms with Gasteiger partial charge >= 0.3 is 5.97 Å². The maximum absolute atomic E-state index is 11.0. The molecule has 28 heavy (non-hydrogen) atoms. The molecule has 148 valence electrons. The number of fused-ring (bicyclic) bond motifs is 1. The zero-order valence-electron chi connectivity index (χ0n) is 15.9. The molecule has 1 saturated heterocycles. The highest BCUT2D eigenvalue weighted by molar-refractivity contribution is 7.09. The van der Waals surface area contributed by atoms with Gasteiger partial charge in [0.15, 0.2) is 5.69 Å². The number of carboxylic acid groups (broad SMARTS) is 1. The number of hydrogen-bond donors (Lipinski definition) is 1. The van der Waals surface area contributed by atoms with Gasteiger partial charge in [-0.25, -0.2) is 9.78 Å². The van der Waals surface area contributed by atoms with E-state index in [1.54, 1.807) is 5.38 Å². The van der Waals surface area contributed by atoms with Gasteiger partial charge in [0.05, 0.1) is 6.10 Å². The molecule has 2 unspecified atom stereocenters. The van der Waals surface area contributed by atoms with Crippen LogP contribution in [-0.2, 0) is 4.74 Å². The van der Waals surface area contributed by atoms with E-state index < -0.39 is 5.97 Å². The van der Waals surface area contributed by atoms with Gasteiger partial charge in [-0.3, -0.25) is 0 Å². The summed E-state index contributed by atoms with van der Waals surface area (Å²) in [7, 11) is 0. The number of nitrogens with zero attached hydrogens (tertiary/aromatic N) is 1. The normalized spacial score (nSPS) is 27.0. The number of ether oxygens (including phenoxy) is 2. The molecule has 1 saturated carbocycles. The summed E-state index contributed by atoms with van der Waals surface area (Å²) < 4.78 is 12.1. The first kappa shape index (κ1) is 19.2. The van der Waals surface area contributed by atoms with Gasteiger partial charge in [0.2, 0.25) is 0 Å². The number of carboxylic acids is 1. The van der Waals surface area contributed by atoms with E-state index in [9.17, 15) is 4.79 Å². The molecule has 6 heteroatoms. The summed E-state index contributed by atoms with van der Waals surface area (Å²) in [4.78, 5) is 15.3. The fourth-order valence-electron chi connectivity index (χ4n) is 4.22. The summed E-state index contributed by atoms with van der Waals surface area (Å²) in [6.07, 6.45) is 8.75. The van der Waals surface area contributed by atoms with Crippen LogP contribution in [0, 0.1) is 18.8 Å². The molecule has 2 aliphatic rings. The number of thiazole rings is 1. The van der Waals surface area contributed by atoms with Crippen LogP contribution >= 0.6 is 11.3 Å². The Bertz CT molecular complexity index is 844. The predicted octanol–water partition coefficient (Wildman–Crippen LogP) is 5.03. The quantitative estimate of drug-likeness (QED) is 0.690. The van der Waals surface area contributed by atoms with Gasteiger partial charge in [0.25, 0.3) is 0 Å². The van der Waals surface area contributed by atoms with Crippen LogP contribution in [0.15, 0.2) is 41.8 Å². The molecule has 0 bridgehead atoms. The summed E-state index contributed by atoms with van der Waals surface area (Å²) in [6.45, 7) is 2.65. The lowest BCUT2D eigenvalue weighted by Crippen LogP contribution is -2.29. The van der Waals surface area contributed by atoms with Crippen LogP contribution in [0.3, 0.4) is 0 Å². The van der Waals surface area contributed by atoms with Gasteiger partial charge in [-0.15, -0.1) is 11.3 Å². The molecule has 1 aliphatic carbocycles. The second-order valence-electron chi connectivity index (χ2n) is 7.57. The van der Waals surface area contributed by atoms with Gasteiger partial charge in [0.1, 0.15) is 23.5 Å². The van der Waals surface area contributed by atoms with E-state index in [-0.39, 0.29) is 17.9 Å². The number of carbonyl (C=O) groups is 1. The molecule has 5 nitrogen and oxygen atoms in total. The minimum absolute atomic E-state index is 0.0630. The Labute approximate surface area is 169 Å². The number of aromatic nitrogens is 1. The second-order valence-corrected chi connectivity index (χ2v) is 8.46. The fraction of sp³-hybridized carbons (Fsp3) is 0.455. The molecule has 2 heterocycles. The first-order valence-electron chi connectivity index (χ1n) is 9.80. The van der Waals surface area contributed by atoms with Crippen molar-refractivity contribution in [1.29, 1.82) is 0 Å². The lowest BCUT2D eigenvalue weighted by Gasteiger charge is -2.33. The molecular weight excluding hydrogens is 374 g/mol. The van der Waals surface area contributed by atoms with Crippen LogP contribution in [-0.4, -0.2) is 28.8 Å². The molecule has 1 N–H and O–H groups in total. The van der Waals surface area contributed by atoms with Crippen molar-refractivity contribution in [1.82, 2.24) is 4.98 Å². The van der Waals surface area contributed by atoms with Crippen molar-refractivity contribution < 1.29 is 19.4 Å². The average Bonchev–Trinajstić information content (AvgIpc) is 3.34. The lowest BCUT2D eigenvalue weighted by atomic mass is 9.87. The monoisotopic (exact) mass is 399 g/mol. The average molecular weight is 400 g/mol. The Hall–Kier alpha value is -2.18. The van der Waals surface area contributed by atoms with Gasteiger partial charge < -0.3 is 14.6 Å². The molecule has 1 aromatic carbocycles. The van der Waals surface area contributed by atoms with Gasteiger partial charge in [-0.2, -0.15) is 0 Å². The van der Waals surface area contributed by atoms with Crippen LogP contribution in [0.5, 0.6) is 5.75 Å². The summed E-state index contributed by atoms with van der Waals surface area (Å²) >= 11 is 1.39. The fourth-order valence-corrected chi connectivity index (χ4v) is 5.08. The zero-order valence-corrected chi connectivity index (χ0v) is 16.7. The third-order valence-electron chi connectivity index (χ3n) is 5.68. The van der Waals surface area contributed by atoms with Crippen molar-refractivity contribution in [3.05, 3.63) is 58.1 Å². The first-order chi connectivity index (χ1) is 13.6. The van der Waals surface area contributed by atoms with Crippen molar-refractivity contribution in [3.63, 3.8) is 0 Å². The molecule has 0 amide bonds. The highest BCUT2D eigenvalue weighted by Crippen LogP contribution is 2.46. The van der Waals surface area contributed by atoms with E-state index >= 15 is 0 Å². The third kappa shape index (κ3) is 4.28. The van der Waals surface area contributed by atoms with Crippen molar-refractivity contribution in [2.24, 2.45) is 11.8 Å². The molecular formula is C22H25NO4S. The van der Waals surface area contributed by atoms with Crippen LogP contribution < -0.4 is 4.74 Å². The SMILES string of the molecule is Cc1ccc(OC/C=C/C2CC[C@@H]3OC(c4nc(C(=O)O)cs4)CC[C@H]23)cc1. The summed E-state index contributed by atoms with van der Waals surface area (Å²) in [5.74, 6) is 0.979. The van der Waals surface area contributed by atoms with Gasteiger partial charge in [0, 0.05) is 5.38 Å². The van der Waals surface area contributed by atoms with Crippen molar-refractivity contribution in [3.8, 4) is 5.75 Å². The minimum Gasteiger partial charge on any atom is -0.490 e. The molecule has 2 aromatic rings. The Balaban J connectivity index is 1.28. The highest BCUT2D eigenvalue weighted by atomic mass is 32.1. The molecule has 4 rings (SSSR count). The highest BCUT2D eigenvalue weighted by Gasteiger charge is 2.41.